The number of rotatable bonds is 6. The number of nitrogens with zero attached hydrogens (tertiary/aromatic N) is 3. The topological polar surface area (TPSA) is 107 Å². The van der Waals surface area contributed by atoms with Gasteiger partial charge in [-0.1, -0.05) is 6.07 Å². The van der Waals surface area contributed by atoms with Gasteiger partial charge in [0.15, 0.2) is 0 Å². The van der Waals surface area contributed by atoms with Gasteiger partial charge in [0, 0.05) is 24.7 Å². The Bertz CT molecular complexity index is 1090. The first-order chi connectivity index (χ1) is 14.0. The number of ether oxygens (including phenoxy) is 1. The first kappa shape index (κ1) is 19.4. The molecular formula is C19H20N4O5S. The van der Waals surface area contributed by atoms with E-state index in [2.05, 4.69) is 10.4 Å². The van der Waals surface area contributed by atoms with Crippen LogP contribution < -0.4 is 5.32 Å². The fraction of sp³-hybridized carbons (Fsp3) is 0.263. The predicted octanol–water partition coefficient (Wildman–Crippen LogP) is 1.80. The summed E-state index contributed by atoms with van der Waals surface area (Å²) in [6, 6.07) is 11.2. The van der Waals surface area contributed by atoms with Crippen LogP contribution in [0.1, 0.15) is 16.1 Å². The summed E-state index contributed by atoms with van der Waals surface area (Å²) < 4.78 is 39.1. The molecule has 152 valence electrons. The summed E-state index contributed by atoms with van der Waals surface area (Å²) in [5.41, 5.74) is 0.241. The Labute approximate surface area is 167 Å². The van der Waals surface area contributed by atoms with Crippen molar-refractivity contribution in [3.8, 4) is 0 Å². The third-order valence-electron chi connectivity index (χ3n) is 4.55. The van der Waals surface area contributed by atoms with Crippen LogP contribution in [0.15, 0.2) is 64.2 Å². The van der Waals surface area contributed by atoms with E-state index in [1.54, 1.807) is 41.4 Å². The van der Waals surface area contributed by atoms with Crippen LogP contribution >= 0.6 is 0 Å². The lowest BCUT2D eigenvalue weighted by Crippen LogP contribution is -2.40. The summed E-state index contributed by atoms with van der Waals surface area (Å²) in [7, 11) is -3.68. The van der Waals surface area contributed by atoms with E-state index in [1.165, 1.54) is 16.4 Å². The van der Waals surface area contributed by atoms with E-state index >= 15 is 0 Å². The first-order valence-corrected chi connectivity index (χ1v) is 10.5. The van der Waals surface area contributed by atoms with Gasteiger partial charge in [-0.2, -0.15) is 9.40 Å². The minimum atomic E-state index is -3.68. The van der Waals surface area contributed by atoms with E-state index in [0.717, 1.165) is 0 Å². The van der Waals surface area contributed by atoms with E-state index in [9.17, 15) is 13.2 Å². The summed E-state index contributed by atoms with van der Waals surface area (Å²) >= 11 is 0. The number of benzene rings is 1. The SMILES string of the molecule is O=C(Nc1ccnn1Cc1ccco1)c1cccc(S(=O)(=O)N2CCOCC2)c1. The summed E-state index contributed by atoms with van der Waals surface area (Å²) in [6.07, 6.45) is 3.13. The monoisotopic (exact) mass is 416 g/mol. The number of hydrogen-bond acceptors (Lipinski definition) is 6. The lowest BCUT2D eigenvalue weighted by atomic mass is 10.2. The maximum absolute atomic E-state index is 12.8. The van der Waals surface area contributed by atoms with Gasteiger partial charge < -0.3 is 14.5 Å². The third-order valence-corrected chi connectivity index (χ3v) is 6.44. The number of amides is 1. The van der Waals surface area contributed by atoms with Crippen molar-refractivity contribution in [2.24, 2.45) is 0 Å². The third kappa shape index (κ3) is 4.24. The number of carbonyl (C=O) groups is 1. The van der Waals surface area contributed by atoms with E-state index in [-0.39, 0.29) is 10.5 Å². The van der Waals surface area contributed by atoms with Crippen molar-refractivity contribution in [2.45, 2.75) is 11.4 Å². The minimum Gasteiger partial charge on any atom is -0.467 e. The molecule has 0 unspecified atom stereocenters. The highest BCUT2D eigenvalue weighted by molar-refractivity contribution is 7.89. The number of aromatic nitrogens is 2. The molecule has 1 amide bonds. The molecule has 1 N–H and O–H groups in total. The Kier molecular flexibility index (Phi) is 5.47. The standard InChI is InChI=1S/C19H20N4O5S/c24-19(21-18-6-7-20-23(18)14-16-4-2-10-28-16)15-3-1-5-17(13-15)29(25,26)22-8-11-27-12-9-22/h1-7,10,13H,8-9,11-12,14H2,(H,21,24). The highest BCUT2D eigenvalue weighted by Crippen LogP contribution is 2.19. The van der Waals surface area contributed by atoms with Crippen LogP contribution in [0.5, 0.6) is 0 Å². The average molecular weight is 416 g/mol. The number of morpholine rings is 1. The molecule has 3 heterocycles. The van der Waals surface area contributed by atoms with Crippen molar-refractivity contribution in [2.75, 3.05) is 31.6 Å². The zero-order chi connectivity index (χ0) is 20.3. The van der Waals surface area contributed by atoms with Gasteiger partial charge in [0.05, 0.1) is 30.6 Å². The zero-order valence-electron chi connectivity index (χ0n) is 15.5. The second-order valence-corrected chi connectivity index (χ2v) is 8.39. The summed E-state index contributed by atoms with van der Waals surface area (Å²) in [5, 5.41) is 6.95. The summed E-state index contributed by atoms with van der Waals surface area (Å²) in [5.74, 6) is 0.751. The maximum atomic E-state index is 12.8. The average Bonchev–Trinajstić information content (AvgIpc) is 3.41. The zero-order valence-corrected chi connectivity index (χ0v) is 16.3. The van der Waals surface area contributed by atoms with Crippen molar-refractivity contribution >= 4 is 21.7 Å². The molecule has 29 heavy (non-hydrogen) atoms. The van der Waals surface area contributed by atoms with Gasteiger partial charge in [0.25, 0.3) is 5.91 Å². The number of carbonyl (C=O) groups excluding carboxylic acids is 1. The lowest BCUT2D eigenvalue weighted by molar-refractivity contribution is 0.0730. The largest absolute Gasteiger partial charge is 0.467 e. The van der Waals surface area contributed by atoms with Gasteiger partial charge in [0.1, 0.15) is 18.1 Å². The van der Waals surface area contributed by atoms with Crippen LogP contribution in [0.25, 0.3) is 0 Å². The van der Waals surface area contributed by atoms with Crippen molar-refractivity contribution < 1.29 is 22.4 Å². The Morgan fingerprint density at radius 3 is 2.72 bits per heavy atom. The number of hydrogen-bond donors (Lipinski definition) is 1. The second kappa shape index (κ2) is 8.19. The quantitative estimate of drug-likeness (QED) is 0.657. The number of anilines is 1. The molecule has 1 fully saturated rings. The molecule has 1 aromatic carbocycles. The van der Waals surface area contributed by atoms with Crippen molar-refractivity contribution in [1.82, 2.24) is 14.1 Å². The van der Waals surface area contributed by atoms with Crippen LogP contribution in [0.4, 0.5) is 5.82 Å². The van der Waals surface area contributed by atoms with Gasteiger partial charge in [-0.25, -0.2) is 13.1 Å². The molecule has 0 saturated carbocycles. The number of sulfonamides is 1. The Hall–Kier alpha value is -2.95. The molecule has 0 spiro atoms. The number of furan rings is 1. The van der Waals surface area contributed by atoms with Crippen molar-refractivity contribution in [3.63, 3.8) is 0 Å². The summed E-state index contributed by atoms with van der Waals surface area (Å²) in [6.45, 7) is 1.68. The van der Waals surface area contributed by atoms with Gasteiger partial charge in [-0.15, -0.1) is 0 Å². The molecular weight excluding hydrogens is 396 g/mol. The predicted molar refractivity (Wildman–Crippen MR) is 104 cm³/mol. The molecule has 1 aliphatic rings. The molecule has 10 heteroatoms. The Morgan fingerprint density at radius 1 is 1.14 bits per heavy atom. The lowest BCUT2D eigenvalue weighted by Gasteiger charge is -2.26. The van der Waals surface area contributed by atoms with E-state index in [1.807, 2.05) is 6.07 Å². The van der Waals surface area contributed by atoms with Crippen LogP contribution in [-0.4, -0.2) is 54.7 Å². The van der Waals surface area contributed by atoms with Crippen molar-refractivity contribution in [3.05, 3.63) is 66.2 Å². The highest BCUT2D eigenvalue weighted by atomic mass is 32.2. The molecule has 0 radical (unpaired) electrons. The molecule has 2 aromatic heterocycles. The van der Waals surface area contributed by atoms with Crippen LogP contribution in [0.3, 0.4) is 0 Å². The molecule has 9 nitrogen and oxygen atoms in total. The minimum absolute atomic E-state index is 0.0798. The Morgan fingerprint density at radius 2 is 1.97 bits per heavy atom. The smallest absolute Gasteiger partial charge is 0.256 e. The van der Waals surface area contributed by atoms with Gasteiger partial charge in [0.2, 0.25) is 10.0 Å². The highest BCUT2D eigenvalue weighted by Gasteiger charge is 2.27. The molecule has 0 aliphatic carbocycles. The fourth-order valence-corrected chi connectivity index (χ4v) is 4.49. The van der Waals surface area contributed by atoms with E-state index < -0.39 is 15.9 Å². The molecule has 0 bridgehead atoms. The van der Waals surface area contributed by atoms with Crippen LogP contribution in [0, 0.1) is 0 Å². The Balaban J connectivity index is 1.52. The second-order valence-electron chi connectivity index (χ2n) is 6.45. The molecule has 0 atom stereocenters. The van der Waals surface area contributed by atoms with Crippen LogP contribution in [0.2, 0.25) is 0 Å². The molecule has 1 saturated heterocycles. The van der Waals surface area contributed by atoms with Gasteiger partial charge in [-0.05, 0) is 30.3 Å². The molecule has 3 aromatic rings. The van der Waals surface area contributed by atoms with Gasteiger partial charge in [-0.3, -0.25) is 4.79 Å². The van der Waals surface area contributed by atoms with Gasteiger partial charge >= 0.3 is 0 Å². The molecule has 1 aliphatic heterocycles. The van der Waals surface area contributed by atoms with Crippen molar-refractivity contribution in [1.29, 1.82) is 0 Å². The molecule has 4 rings (SSSR count). The maximum Gasteiger partial charge on any atom is 0.256 e. The summed E-state index contributed by atoms with van der Waals surface area (Å²) in [4.78, 5) is 12.8. The fourth-order valence-electron chi connectivity index (χ4n) is 3.04. The first-order valence-electron chi connectivity index (χ1n) is 9.07. The van der Waals surface area contributed by atoms with E-state index in [4.69, 9.17) is 9.15 Å². The van der Waals surface area contributed by atoms with E-state index in [0.29, 0.717) is 44.4 Å². The normalized spacial score (nSPS) is 15.3. The number of nitrogens with one attached hydrogen (secondary N) is 1. The van der Waals surface area contributed by atoms with Crippen LogP contribution in [-0.2, 0) is 21.3 Å².